The first-order valence-corrected chi connectivity index (χ1v) is 10.2. The quantitative estimate of drug-likeness (QED) is 0.582. The van der Waals surface area contributed by atoms with Crippen LogP contribution in [0.5, 0.6) is 5.75 Å². The van der Waals surface area contributed by atoms with Crippen molar-refractivity contribution in [2.75, 3.05) is 45.1 Å². The molecule has 0 aromatic heterocycles. The number of carbonyl (C=O) groups excluding carboxylic acids is 2. The van der Waals surface area contributed by atoms with Crippen molar-refractivity contribution in [1.29, 1.82) is 0 Å². The maximum absolute atomic E-state index is 12.4. The van der Waals surface area contributed by atoms with E-state index in [4.69, 9.17) is 9.47 Å². The molecule has 2 rings (SSSR count). The molecule has 1 aliphatic heterocycles. The van der Waals surface area contributed by atoms with Gasteiger partial charge in [0, 0.05) is 18.7 Å². The summed E-state index contributed by atoms with van der Waals surface area (Å²) in [6, 6.07) is 7.59. The molecule has 0 radical (unpaired) electrons. The Labute approximate surface area is 159 Å². The molecule has 1 amide bonds. The summed E-state index contributed by atoms with van der Waals surface area (Å²) in [7, 11) is 0. The predicted molar refractivity (Wildman–Crippen MR) is 103 cm³/mol. The average Bonchev–Trinajstić information content (AvgIpc) is 3.02. The molecule has 1 heterocycles. The molecule has 1 unspecified atom stereocenters. The van der Waals surface area contributed by atoms with Crippen molar-refractivity contribution in [3.63, 3.8) is 0 Å². The van der Waals surface area contributed by atoms with E-state index in [2.05, 4.69) is 18.7 Å². The van der Waals surface area contributed by atoms with Gasteiger partial charge in [-0.05, 0) is 26.1 Å². The van der Waals surface area contributed by atoms with Gasteiger partial charge in [0.25, 0.3) is 0 Å². The van der Waals surface area contributed by atoms with E-state index in [1.54, 1.807) is 18.7 Å². The highest BCUT2D eigenvalue weighted by atomic mass is 32.2. The Morgan fingerprint density at radius 3 is 2.69 bits per heavy atom. The highest BCUT2D eigenvalue weighted by Gasteiger charge is 2.34. The maximum Gasteiger partial charge on any atom is 0.344 e. The summed E-state index contributed by atoms with van der Waals surface area (Å²) < 4.78 is 10.6. The number of rotatable bonds is 10. The minimum absolute atomic E-state index is 0.0866. The summed E-state index contributed by atoms with van der Waals surface area (Å²) in [6.45, 7) is 9.68. The highest BCUT2D eigenvalue weighted by molar-refractivity contribution is 8.00. The maximum atomic E-state index is 12.4. The van der Waals surface area contributed by atoms with E-state index in [0.717, 1.165) is 25.2 Å². The lowest BCUT2D eigenvalue weighted by Gasteiger charge is -2.28. The van der Waals surface area contributed by atoms with Gasteiger partial charge in [0.1, 0.15) is 11.1 Å². The molecule has 0 N–H and O–H groups in total. The van der Waals surface area contributed by atoms with Gasteiger partial charge in [0.05, 0.1) is 12.4 Å². The number of benzene rings is 1. The molecule has 144 valence electrons. The lowest BCUT2D eigenvalue weighted by Crippen LogP contribution is -2.37. The molecule has 0 saturated carbocycles. The van der Waals surface area contributed by atoms with Gasteiger partial charge in [0.15, 0.2) is 6.61 Å². The zero-order valence-electron chi connectivity index (χ0n) is 15.8. The first-order valence-electron chi connectivity index (χ1n) is 9.11. The van der Waals surface area contributed by atoms with Gasteiger partial charge in [0.2, 0.25) is 5.91 Å². The number of amides is 1. The van der Waals surface area contributed by atoms with Crippen LogP contribution in [0.3, 0.4) is 0 Å². The molecule has 0 bridgehead atoms. The molecule has 1 aliphatic rings. The van der Waals surface area contributed by atoms with Crippen LogP contribution in [0, 0.1) is 0 Å². The van der Waals surface area contributed by atoms with Crippen molar-refractivity contribution in [2.24, 2.45) is 0 Å². The summed E-state index contributed by atoms with van der Waals surface area (Å²) in [5.74, 6) is 0.846. The molecule has 1 aromatic rings. The molecule has 1 fully saturated rings. The molecule has 7 heteroatoms. The fraction of sp³-hybridized carbons (Fsp3) is 0.579. The predicted octanol–water partition coefficient (Wildman–Crippen LogP) is 2.54. The molecule has 1 aromatic carbocycles. The highest BCUT2D eigenvalue weighted by Crippen LogP contribution is 2.42. The van der Waals surface area contributed by atoms with Crippen LogP contribution in [0.1, 0.15) is 31.7 Å². The lowest BCUT2D eigenvalue weighted by molar-refractivity contribution is -0.145. The van der Waals surface area contributed by atoms with E-state index in [1.165, 1.54) is 0 Å². The summed E-state index contributed by atoms with van der Waals surface area (Å²) in [6.07, 6.45) is 0. The minimum atomic E-state index is -0.393. The van der Waals surface area contributed by atoms with Gasteiger partial charge < -0.3 is 19.3 Å². The van der Waals surface area contributed by atoms with E-state index in [0.29, 0.717) is 24.7 Å². The Morgan fingerprint density at radius 1 is 1.27 bits per heavy atom. The normalized spacial score (nSPS) is 17.0. The number of ether oxygens (including phenoxy) is 2. The van der Waals surface area contributed by atoms with Gasteiger partial charge >= 0.3 is 5.97 Å². The molecule has 1 atom stereocenters. The molecule has 6 nitrogen and oxygen atoms in total. The SMILES string of the molecule is CCOC(=O)COc1ccccc1C1SCC(=O)N1CCN(CC)CC. The van der Waals surface area contributed by atoms with Crippen molar-refractivity contribution in [2.45, 2.75) is 26.1 Å². The van der Waals surface area contributed by atoms with E-state index < -0.39 is 5.97 Å². The number of esters is 1. The summed E-state index contributed by atoms with van der Waals surface area (Å²) in [5.41, 5.74) is 0.923. The van der Waals surface area contributed by atoms with Crippen LogP contribution >= 0.6 is 11.8 Å². The molecular weight excluding hydrogens is 352 g/mol. The van der Waals surface area contributed by atoms with Crippen molar-refractivity contribution < 1.29 is 19.1 Å². The lowest BCUT2D eigenvalue weighted by atomic mass is 10.2. The van der Waals surface area contributed by atoms with Crippen LogP contribution in [0.4, 0.5) is 0 Å². The Kier molecular flexibility index (Phi) is 8.25. The second-order valence-electron chi connectivity index (χ2n) is 5.91. The van der Waals surface area contributed by atoms with Gasteiger partial charge in [-0.3, -0.25) is 4.79 Å². The van der Waals surface area contributed by atoms with Crippen molar-refractivity contribution in [3.8, 4) is 5.75 Å². The van der Waals surface area contributed by atoms with Crippen LogP contribution in [0.15, 0.2) is 24.3 Å². The van der Waals surface area contributed by atoms with Gasteiger partial charge in [-0.1, -0.05) is 32.0 Å². The topological polar surface area (TPSA) is 59.1 Å². The monoisotopic (exact) mass is 380 g/mol. The Morgan fingerprint density at radius 2 is 2.00 bits per heavy atom. The third kappa shape index (κ3) is 5.38. The Hall–Kier alpha value is -1.73. The smallest absolute Gasteiger partial charge is 0.344 e. The molecule has 0 spiro atoms. The number of carbonyl (C=O) groups is 2. The van der Waals surface area contributed by atoms with Gasteiger partial charge in [-0.15, -0.1) is 11.8 Å². The third-order valence-electron chi connectivity index (χ3n) is 4.36. The van der Waals surface area contributed by atoms with E-state index >= 15 is 0 Å². The Bertz CT molecular complexity index is 607. The van der Waals surface area contributed by atoms with Crippen molar-refractivity contribution >= 4 is 23.6 Å². The second-order valence-corrected chi connectivity index (χ2v) is 6.98. The number of hydrogen-bond acceptors (Lipinski definition) is 6. The van der Waals surface area contributed by atoms with Crippen LogP contribution < -0.4 is 4.74 Å². The molecule has 0 aliphatic carbocycles. The standard InChI is InChI=1S/C19H28N2O4S/c1-4-20(5-2)11-12-21-17(22)14-26-19(21)15-9-7-8-10-16(15)25-13-18(23)24-6-3/h7-10,19H,4-6,11-14H2,1-3H3. The number of hydrogen-bond donors (Lipinski definition) is 0. The summed E-state index contributed by atoms with van der Waals surface area (Å²) in [5, 5.41) is -0.0866. The minimum Gasteiger partial charge on any atom is -0.482 e. The van der Waals surface area contributed by atoms with E-state index in [9.17, 15) is 9.59 Å². The van der Waals surface area contributed by atoms with Crippen LogP contribution in [-0.2, 0) is 14.3 Å². The second kappa shape index (κ2) is 10.4. The first kappa shape index (κ1) is 20.6. The zero-order chi connectivity index (χ0) is 18.9. The Balaban J connectivity index is 2.10. The van der Waals surface area contributed by atoms with Crippen molar-refractivity contribution in [1.82, 2.24) is 9.80 Å². The van der Waals surface area contributed by atoms with Gasteiger partial charge in [-0.2, -0.15) is 0 Å². The number of thioether (sulfide) groups is 1. The number of para-hydroxylation sites is 1. The fourth-order valence-corrected chi connectivity index (χ4v) is 4.14. The number of nitrogens with zero attached hydrogens (tertiary/aromatic N) is 2. The van der Waals surface area contributed by atoms with Crippen LogP contribution in [0.2, 0.25) is 0 Å². The summed E-state index contributed by atoms with van der Waals surface area (Å²) in [4.78, 5) is 28.2. The third-order valence-corrected chi connectivity index (χ3v) is 5.59. The van der Waals surface area contributed by atoms with Gasteiger partial charge in [-0.25, -0.2) is 4.79 Å². The molecule has 1 saturated heterocycles. The van der Waals surface area contributed by atoms with E-state index in [-0.39, 0.29) is 17.9 Å². The molecule has 26 heavy (non-hydrogen) atoms. The zero-order valence-corrected chi connectivity index (χ0v) is 16.6. The number of likely N-dealkylation sites (N-methyl/N-ethyl adjacent to an activating group) is 1. The fourth-order valence-electron chi connectivity index (χ4n) is 2.90. The first-order chi connectivity index (χ1) is 12.6. The van der Waals surface area contributed by atoms with Crippen LogP contribution in [-0.4, -0.2) is 66.8 Å². The van der Waals surface area contributed by atoms with Crippen LogP contribution in [0.25, 0.3) is 0 Å². The average molecular weight is 381 g/mol. The largest absolute Gasteiger partial charge is 0.482 e. The van der Waals surface area contributed by atoms with Crippen molar-refractivity contribution in [3.05, 3.63) is 29.8 Å². The van der Waals surface area contributed by atoms with E-state index in [1.807, 2.05) is 29.2 Å². The molecular formula is C19H28N2O4S. The summed E-state index contributed by atoms with van der Waals surface area (Å²) >= 11 is 1.60.